The van der Waals surface area contributed by atoms with Gasteiger partial charge in [0.25, 0.3) is 0 Å². The van der Waals surface area contributed by atoms with Crippen molar-refractivity contribution in [3.8, 4) is 5.75 Å². The number of nitrogens with one attached hydrogen (secondary N) is 2. The molecule has 5 nitrogen and oxygen atoms in total. The zero-order chi connectivity index (χ0) is 17.6. The minimum Gasteiger partial charge on any atom is -0.496 e. The van der Waals surface area contributed by atoms with Gasteiger partial charge in [-0.1, -0.05) is 24.3 Å². The fourth-order valence-electron chi connectivity index (χ4n) is 2.42. The first-order valence-electron chi connectivity index (χ1n) is 7.86. The lowest BCUT2D eigenvalue weighted by Gasteiger charge is -2.12. The van der Waals surface area contributed by atoms with E-state index in [1.807, 2.05) is 36.4 Å². The highest BCUT2D eigenvalue weighted by Crippen LogP contribution is 2.26. The molecule has 3 rings (SSSR count). The number of para-hydroxylation sites is 1. The fourth-order valence-corrected chi connectivity index (χ4v) is 3.01. The van der Waals surface area contributed by atoms with Crippen LogP contribution in [0.25, 0.3) is 0 Å². The smallest absolute Gasteiger partial charge is 0.135 e. The quantitative estimate of drug-likeness (QED) is 0.617. The second kappa shape index (κ2) is 7.98. The third-order valence-corrected chi connectivity index (χ3v) is 4.36. The highest BCUT2D eigenvalue weighted by atomic mass is 79.9. The zero-order valence-corrected chi connectivity index (χ0v) is 15.7. The van der Waals surface area contributed by atoms with Gasteiger partial charge < -0.3 is 15.4 Å². The Labute approximate surface area is 155 Å². The van der Waals surface area contributed by atoms with Gasteiger partial charge in [-0.05, 0) is 46.6 Å². The molecular formula is C19H19BrN4O. The summed E-state index contributed by atoms with van der Waals surface area (Å²) < 4.78 is 6.36. The summed E-state index contributed by atoms with van der Waals surface area (Å²) in [4.78, 5) is 8.55. The van der Waals surface area contributed by atoms with Crippen LogP contribution >= 0.6 is 15.9 Å². The Kier molecular flexibility index (Phi) is 5.50. The van der Waals surface area contributed by atoms with Crippen LogP contribution in [0.3, 0.4) is 0 Å². The lowest BCUT2D eigenvalue weighted by Crippen LogP contribution is -2.04. The predicted octanol–water partition coefficient (Wildman–Crippen LogP) is 4.91. The Morgan fingerprint density at radius 1 is 1.04 bits per heavy atom. The molecule has 0 radical (unpaired) electrons. The maximum Gasteiger partial charge on any atom is 0.135 e. The van der Waals surface area contributed by atoms with E-state index in [4.69, 9.17) is 4.74 Å². The van der Waals surface area contributed by atoms with E-state index in [0.717, 1.165) is 33.1 Å². The summed E-state index contributed by atoms with van der Waals surface area (Å²) in [6.45, 7) is 2.67. The van der Waals surface area contributed by atoms with Crippen LogP contribution in [0, 0.1) is 6.92 Å². The SMILES string of the molecule is COc1ccccc1CNc1cc(Nc2ccc(C)cc2Br)ncn1. The average Bonchev–Trinajstić information content (AvgIpc) is 2.63. The summed E-state index contributed by atoms with van der Waals surface area (Å²) in [5.74, 6) is 2.32. The molecule has 25 heavy (non-hydrogen) atoms. The second-order valence-corrected chi connectivity index (χ2v) is 6.42. The normalized spacial score (nSPS) is 10.4. The molecule has 0 fully saturated rings. The van der Waals surface area contributed by atoms with Crippen molar-refractivity contribution in [3.63, 3.8) is 0 Å². The van der Waals surface area contributed by atoms with Crippen molar-refractivity contribution in [1.29, 1.82) is 0 Å². The van der Waals surface area contributed by atoms with Gasteiger partial charge >= 0.3 is 0 Å². The van der Waals surface area contributed by atoms with Gasteiger partial charge in [-0.15, -0.1) is 0 Å². The van der Waals surface area contributed by atoms with Crippen molar-refractivity contribution in [3.05, 3.63) is 70.5 Å². The van der Waals surface area contributed by atoms with E-state index >= 15 is 0 Å². The Bertz CT molecular complexity index is 870. The van der Waals surface area contributed by atoms with E-state index in [9.17, 15) is 0 Å². The van der Waals surface area contributed by atoms with Crippen LogP contribution in [0.5, 0.6) is 5.75 Å². The maximum absolute atomic E-state index is 5.37. The van der Waals surface area contributed by atoms with E-state index in [1.165, 1.54) is 11.9 Å². The van der Waals surface area contributed by atoms with E-state index in [2.05, 4.69) is 55.6 Å². The number of nitrogens with zero attached hydrogens (tertiary/aromatic N) is 2. The highest BCUT2D eigenvalue weighted by molar-refractivity contribution is 9.10. The molecule has 0 saturated carbocycles. The average molecular weight is 399 g/mol. The molecule has 128 valence electrons. The monoisotopic (exact) mass is 398 g/mol. The lowest BCUT2D eigenvalue weighted by atomic mass is 10.2. The first-order chi connectivity index (χ1) is 12.2. The van der Waals surface area contributed by atoms with Crippen molar-refractivity contribution in [2.45, 2.75) is 13.5 Å². The first-order valence-corrected chi connectivity index (χ1v) is 8.66. The molecule has 0 atom stereocenters. The van der Waals surface area contributed by atoms with Crippen molar-refractivity contribution in [2.75, 3.05) is 17.7 Å². The van der Waals surface area contributed by atoms with E-state index in [-0.39, 0.29) is 0 Å². The van der Waals surface area contributed by atoms with Gasteiger partial charge in [0.15, 0.2) is 0 Å². The molecule has 0 aliphatic carbocycles. The molecule has 0 amide bonds. The van der Waals surface area contributed by atoms with Crippen molar-refractivity contribution in [1.82, 2.24) is 9.97 Å². The van der Waals surface area contributed by atoms with E-state index in [1.54, 1.807) is 7.11 Å². The minimum absolute atomic E-state index is 0.620. The Balaban J connectivity index is 1.71. The second-order valence-electron chi connectivity index (χ2n) is 5.56. The van der Waals surface area contributed by atoms with Gasteiger partial charge in [0.1, 0.15) is 23.7 Å². The minimum atomic E-state index is 0.620. The number of hydrogen-bond donors (Lipinski definition) is 2. The van der Waals surface area contributed by atoms with E-state index in [0.29, 0.717) is 6.54 Å². The van der Waals surface area contributed by atoms with Crippen LogP contribution in [-0.4, -0.2) is 17.1 Å². The van der Waals surface area contributed by atoms with Gasteiger partial charge in [-0.2, -0.15) is 0 Å². The number of ether oxygens (including phenoxy) is 1. The van der Waals surface area contributed by atoms with Crippen LogP contribution in [0.15, 0.2) is 59.3 Å². The standard InChI is InChI=1S/C19H19BrN4O/c1-13-7-8-16(15(20)9-13)24-19-10-18(22-12-23-19)21-11-14-5-3-4-6-17(14)25-2/h3-10,12H,11H2,1-2H3,(H2,21,22,23,24). The third-order valence-electron chi connectivity index (χ3n) is 3.71. The largest absolute Gasteiger partial charge is 0.496 e. The van der Waals surface area contributed by atoms with Gasteiger partial charge in [0.2, 0.25) is 0 Å². The Morgan fingerprint density at radius 2 is 1.84 bits per heavy atom. The molecule has 2 N–H and O–H groups in total. The summed E-state index contributed by atoms with van der Waals surface area (Å²) in [6, 6.07) is 15.9. The number of aryl methyl sites for hydroxylation is 1. The maximum atomic E-state index is 5.37. The van der Waals surface area contributed by atoms with Crippen molar-refractivity contribution in [2.24, 2.45) is 0 Å². The molecular weight excluding hydrogens is 380 g/mol. The molecule has 0 aliphatic rings. The third kappa shape index (κ3) is 4.48. The van der Waals surface area contributed by atoms with Crippen molar-refractivity contribution < 1.29 is 4.74 Å². The lowest BCUT2D eigenvalue weighted by molar-refractivity contribution is 0.410. The molecule has 0 unspecified atom stereocenters. The van der Waals surface area contributed by atoms with Gasteiger partial charge in [0.05, 0.1) is 12.8 Å². The molecule has 0 saturated heterocycles. The zero-order valence-electron chi connectivity index (χ0n) is 14.1. The molecule has 0 bridgehead atoms. The molecule has 0 spiro atoms. The topological polar surface area (TPSA) is 59.1 Å². The fraction of sp³-hybridized carbons (Fsp3) is 0.158. The summed E-state index contributed by atoms with van der Waals surface area (Å²) in [7, 11) is 1.67. The number of aromatic nitrogens is 2. The molecule has 6 heteroatoms. The Morgan fingerprint density at radius 3 is 2.64 bits per heavy atom. The number of rotatable bonds is 6. The summed E-state index contributed by atoms with van der Waals surface area (Å²) in [6.07, 6.45) is 1.54. The van der Waals surface area contributed by atoms with Crippen LogP contribution in [0.4, 0.5) is 17.3 Å². The van der Waals surface area contributed by atoms with Crippen molar-refractivity contribution >= 4 is 33.3 Å². The summed E-state index contributed by atoms with van der Waals surface area (Å²) in [5.41, 5.74) is 3.22. The summed E-state index contributed by atoms with van der Waals surface area (Å²) >= 11 is 3.56. The molecule has 1 aromatic heterocycles. The molecule has 3 aromatic rings. The molecule has 0 aliphatic heterocycles. The van der Waals surface area contributed by atoms with Gasteiger partial charge in [-0.3, -0.25) is 0 Å². The number of methoxy groups -OCH3 is 1. The van der Waals surface area contributed by atoms with Gasteiger partial charge in [-0.25, -0.2) is 9.97 Å². The molecule has 1 heterocycles. The van der Waals surface area contributed by atoms with Crippen LogP contribution < -0.4 is 15.4 Å². The predicted molar refractivity (Wildman–Crippen MR) is 105 cm³/mol. The van der Waals surface area contributed by atoms with E-state index < -0.39 is 0 Å². The Hall–Kier alpha value is -2.60. The highest BCUT2D eigenvalue weighted by Gasteiger charge is 2.05. The first kappa shape index (κ1) is 17.2. The number of benzene rings is 2. The van der Waals surface area contributed by atoms with Crippen LogP contribution in [-0.2, 0) is 6.54 Å². The van der Waals surface area contributed by atoms with Crippen LogP contribution in [0.2, 0.25) is 0 Å². The number of hydrogen-bond acceptors (Lipinski definition) is 5. The summed E-state index contributed by atoms with van der Waals surface area (Å²) in [5, 5.41) is 6.60. The number of anilines is 3. The van der Waals surface area contributed by atoms with Crippen LogP contribution in [0.1, 0.15) is 11.1 Å². The molecule has 2 aromatic carbocycles. The number of halogens is 1. The van der Waals surface area contributed by atoms with Gasteiger partial charge in [0, 0.05) is 22.6 Å².